The van der Waals surface area contributed by atoms with Crippen molar-refractivity contribution < 1.29 is 9.21 Å². The molecule has 2 rings (SSSR count). The third-order valence-corrected chi connectivity index (χ3v) is 2.43. The van der Waals surface area contributed by atoms with E-state index in [1.165, 1.54) is 0 Å². The van der Waals surface area contributed by atoms with E-state index in [9.17, 15) is 4.79 Å². The predicted molar refractivity (Wildman–Crippen MR) is 54.6 cm³/mol. The molecule has 1 saturated heterocycles. The zero-order chi connectivity index (χ0) is 10.7. The lowest BCUT2D eigenvalue weighted by Gasteiger charge is -2.17. The number of nitrogens with one attached hydrogen (secondary N) is 1. The van der Waals surface area contributed by atoms with Gasteiger partial charge in [-0.15, -0.1) is 0 Å². The molecule has 1 aromatic heterocycles. The normalized spacial score (nSPS) is 17.5. The molecule has 0 aliphatic carbocycles. The lowest BCUT2D eigenvalue weighted by molar-refractivity contribution is 0.0725. The van der Waals surface area contributed by atoms with Crippen molar-refractivity contribution in [3.63, 3.8) is 0 Å². The lowest BCUT2D eigenvalue weighted by atomic mass is 10.4. The topological polar surface area (TPSA) is 58.4 Å². The summed E-state index contributed by atoms with van der Waals surface area (Å²) in [6, 6.07) is 0. The van der Waals surface area contributed by atoms with Crippen LogP contribution in [0.5, 0.6) is 0 Å². The van der Waals surface area contributed by atoms with E-state index in [0.717, 1.165) is 32.6 Å². The fraction of sp³-hybridized carbons (Fsp3) is 0.600. The number of carbonyl (C=O) groups excluding carboxylic acids is 1. The number of oxazole rings is 1. The van der Waals surface area contributed by atoms with E-state index in [1.54, 1.807) is 18.0 Å². The minimum atomic E-state index is -0.105. The number of hydrogen-bond acceptors (Lipinski definition) is 4. The van der Waals surface area contributed by atoms with Gasteiger partial charge in [0.2, 0.25) is 0 Å². The first kappa shape index (κ1) is 10.2. The Morgan fingerprint density at radius 3 is 3.13 bits per heavy atom. The minimum Gasteiger partial charge on any atom is -0.438 e. The van der Waals surface area contributed by atoms with E-state index < -0.39 is 0 Å². The molecular formula is C10H15N3O2. The van der Waals surface area contributed by atoms with E-state index in [2.05, 4.69) is 10.3 Å². The first-order valence-electron chi connectivity index (χ1n) is 5.20. The van der Waals surface area contributed by atoms with Crippen molar-refractivity contribution >= 4 is 5.91 Å². The summed E-state index contributed by atoms with van der Waals surface area (Å²) in [5, 5.41) is 3.24. The smallest absolute Gasteiger partial charge is 0.309 e. The van der Waals surface area contributed by atoms with Gasteiger partial charge in [-0.25, -0.2) is 4.98 Å². The minimum absolute atomic E-state index is 0.105. The van der Waals surface area contributed by atoms with Gasteiger partial charge < -0.3 is 14.6 Å². The van der Waals surface area contributed by atoms with Crippen molar-refractivity contribution in [2.45, 2.75) is 13.3 Å². The second-order valence-electron chi connectivity index (χ2n) is 3.67. The quantitative estimate of drug-likeness (QED) is 0.728. The van der Waals surface area contributed by atoms with Crippen LogP contribution in [0, 0.1) is 6.92 Å². The molecule has 1 fully saturated rings. The molecule has 15 heavy (non-hydrogen) atoms. The van der Waals surface area contributed by atoms with Crippen LogP contribution >= 0.6 is 0 Å². The van der Waals surface area contributed by atoms with E-state index in [-0.39, 0.29) is 11.8 Å². The molecule has 2 heterocycles. The Morgan fingerprint density at radius 1 is 1.53 bits per heavy atom. The largest absolute Gasteiger partial charge is 0.438 e. The standard InChI is InChI=1S/C10H15N3O2/c1-8-7-12-9(15-8)10(14)13-5-2-3-11-4-6-13/h7,11H,2-6H2,1H3. The van der Waals surface area contributed by atoms with Crippen molar-refractivity contribution in [2.24, 2.45) is 0 Å². The Hall–Kier alpha value is -1.36. The Balaban J connectivity index is 2.06. The van der Waals surface area contributed by atoms with Gasteiger partial charge in [0.05, 0.1) is 6.20 Å². The van der Waals surface area contributed by atoms with Gasteiger partial charge in [-0.1, -0.05) is 0 Å². The zero-order valence-electron chi connectivity index (χ0n) is 8.82. The van der Waals surface area contributed by atoms with Gasteiger partial charge in [0, 0.05) is 19.6 Å². The Kier molecular flexibility index (Phi) is 3.01. The second kappa shape index (κ2) is 4.44. The van der Waals surface area contributed by atoms with Crippen LogP contribution in [-0.4, -0.2) is 42.0 Å². The number of aryl methyl sites for hydroxylation is 1. The fourth-order valence-corrected chi connectivity index (χ4v) is 1.64. The number of hydrogen-bond donors (Lipinski definition) is 1. The van der Waals surface area contributed by atoms with Crippen LogP contribution in [-0.2, 0) is 0 Å². The predicted octanol–water partition coefficient (Wildman–Crippen LogP) is 0.419. The summed E-state index contributed by atoms with van der Waals surface area (Å²) >= 11 is 0. The highest BCUT2D eigenvalue weighted by atomic mass is 16.4. The van der Waals surface area contributed by atoms with Crippen LogP contribution in [0.4, 0.5) is 0 Å². The average molecular weight is 209 g/mol. The van der Waals surface area contributed by atoms with Gasteiger partial charge in [-0.2, -0.15) is 0 Å². The molecule has 0 spiro atoms. The summed E-state index contributed by atoms with van der Waals surface area (Å²) in [5.74, 6) is 0.771. The van der Waals surface area contributed by atoms with Crippen molar-refractivity contribution in [1.82, 2.24) is 15.2 Å². The van der Waals surface area contributed by atoms with Crippen LogP contribution in [0.25, 0.3) is 0 Å². The molecule has 0 saturated carbocycles. The van der Waals surface area contributed by atoms with Gasteiger partial charge in [0.1, 0.15) is 5.76 Å². The third kappa shape index (κ3) is 2.36. The Bertz CT molecular complexity index is 340. The van der Waals surface area contributed by atoms with E-state index >= 15 is 0 Å². The molecule has 0 atom stereocenters. The molecule has 0 aromatic carbocycles. The molecule has 1 aromatic rings. The van der Waals surface area contributed by atoms with Crippen LogP contribution < -0.4 is 5.32 Å². The molecule has 0 radical (unpaired) electrons. The van der Waals surface area contributed by atoms with Crippen LogP contribution in [0.3, 0.4) is 0 Å². The summed E-state index contributed by atoms with van der Waals surface area (Å²) in [6.45, 7) is 5.08. The monoisotopic (exact) mass is 209 g/mol. The van der Waals surface area contributed by atoms with Gasteiger partial charge in [-0.3, -0.25) is 4.79 Å². The zero-order valence-corrected chi connectivity index (χ0v) is 8.82. The molecule has 1 aliphatic heterocycles. The van der Waals surface area contributed by atoms with Gasteiger partial charge in [0.15, 0.2) is 0 Å². The molecule has 0 bridgehead atoms. The molecule has 5 nitrogen and oxygen atoms in total. The van der Waals surface area contributed by atoms with Crippen molar-refractivity contribution in [1.29, 1.82) is 0 Å². The van der Waals surface area contributed by atoms with Crippen molar-refractivity contribution in [3.8, 4) is 0 Å². The molecule has 1 aliphatic rings. The SMILES string of the molecule is Cc1cnc(C(=O)N2CCCNCC2)o1. The maximum absolute atomic E-state index is 11.9. The Morgan fingerprint density at radius 2 is 2.40 bits per heavy atom. The van der Waals surface area contributed by atoms with E-state index in [1.807, 2.05) is 0 Å². The maximum atomic E-state index is 11.9. The molecule has 0 unspecified atom stereocenters. The summed E-state index contributed by atoms with van der Waals surface area (Å²) in [5.41, 5.74) is 0. The van der Waals surface area contributed by atoms with Crippen LogP contribution in [0.2, 0.25) is 0 Å². The number of nitrogens with zero attached hydrogens (tertiary/aromatic N) is 2. The van der Waals surface area contributed by atoms with Crippen molar-refractivity contribution in [3.05, 3.63) is 17.8 Å². The molecule has 1 amide bonds. The number of carbonyl (C=O) groups is 1. The average Bonchev–Trinajstić information content (AvgIpc) is 2.53. The molecule has 5 heteroatoms. The van der Waals surface area contributed by atoms with Crippen molar-refractivity contribution in [2.75, 3.05) is 26.2 Å². The summed E-state index contributed by atoms with van der Waals surface area (Å²) in [4.78, 5) is 17.6. The van der Waals surface area contributed by atoms with E-state index in [4.69, 9.17) is 4.42 Å². The lowest BCUT2D eigenvalue weighted by Crippen LogP contribution is -2.34. The fourth-order valence-electron chi connectivity index (χ4n) is 1.64. The first-order chi connectivity index (χ1) is 7.27. The maximum Gasteiger partial charge on any atom is 0.309 e. The highest BCUT2D eigenvalue weighted by molar-refractivity contribution is 5.89. The molecule has 82 valence electrons. The summed E-state index contributed by atoms with van der Waals surface area (Å²) < 4.78 is 5.22. The summed E-state index contributed by atoms with van der Waals surface area (Å²) in [6.07, 6.45) is 2.55. The van der Waals surface area contributed by atoms with E-state index in [0.29, 0.717) is 5.76 Å². The highest BCUT2D eigenvalue weighted by Crippen LogP contribution is 2.07. The van der Waals surface area contributed by atoms with Crippen LogP contribution in [0.15, 0.2) is 10.6 Å². The van der Waals surface area contributed by atoms with Gasteiger partial charge >= 0.3 is 5.91 Å². The van der Waals surface area contributed by atoms with Gasteiger partial charge in [-0.05, 0) is 19.9 Å². The third-order valence-electron chi connectivity index (χ3n) is 2.43. The molecule has 1 N–H and O–H groups in total. The number of amides is 1. The molecular weight excluding hydrogens is 194 g/mol. The number of rotatable bonds is 1. The number of aromatic nitrogens is 1. The highest BCUT2D eigenvalue weighted by Gasteiger charge is 2.20. The Labute approximate surface area is 88.5 Å². The second-order valence-corrected chi connectivity index (χ2v) is 3.67. The summed E-state index contributed by atoms with van der Waals surface area (Å²) in [7, 11) is 0. The first-order valence-corrected chi connectivity index (χ1v) is 5.20. The van der Waals surface area contributed by atoms with Crippen LogP contribution in [0.1, 0.15) is 22.9 Å². The van der Waals surface area contributed by atoms with Gasteiger partial charge in [0.25, 0.3) is 5.89 Å².